The molecule has 0 unspecified atom stereocenters. The molecule has 0 spiro atoms. The number of rotatable bonds is 8. The van der Waals surface area contributed by atoms with Crippen LogP contribution in [0.5, 0.6) is 0 Å². The van der Waals surface area contributed by atoms with Crippen LogP contribution in [0.4, 0.5) is 0 Å². The minimum Gasteiger partial charge on any atom is -0.347 e. The molecule has 1 fully saturated rings. The van der Waals surface area contributed by atoms with E-state index >= 15 is 0 Å². The first-order valence-electron chi connectivity index (χ1n) is 10.8. The second-order valence-electron chi connectivity index (χ2n) is 8.00. The molecule has 3 aliphatic rings. The van der Waals surface area contributed by atoms with Crippen LogP contribution in [0.25, 0.3) is 5.57 Å². The van der Waals surface area contributed by atoms with Gasteiger partial charge in [-0.3, -0.25) is 0 Å². The van der Waals surface area contributed by atoms with Crippen LogP contribution < -0.4 is 5.32 Å². The molecule has 148 valence electrons. The summed E-state index contributed by atoms with van der Waals surface area (Å²) in [6.07, 6.45) is 24.2. The number of unbranched alkanes of at least 4 members (excludes halogenated alkanes) is 1. The molecule has 0 atom stereocenters. The predicted octanol–water partition coefficient (Wildman–Crippen LogP) is 6.84. The van der Waals surface area contributed by atoms with Gasteiger partial charge in [0, 0.05) is 17.7 Å². The topological polar surface area (TPSA) is 24.4 Å². The van der Waals surface area contributed by atoms with Crippen LogP contribution in [0.15, 0.2) is 95.5 Å². The van der Waals surface area contributed by atoms with Gasteiger partial charge in [0.1, 0.15) is 5.82 Å². The maximum absolute atomic E-state index is 4.89. The summed E-state index contributed by atoms with van der Waals surface area (Å²) in [7, 11) is 0. The van der Waals surface area contributed by atoms with Crippen LogP contribution in [-0.4, -0.2) is 5.71 Å². The van der Waals surface area contributed by atoms with Crippen LogP contribution in [0.2, 0.25) is 0 Å². The van der Waals surface area contributed by atoms with Gasteiger partial charge in [0.2, 0.25) is 0 Å². The van der Waals surface area contributed by atoms with Gasteiger partial charge in [0.25, 0.3) is 0 Å². The van der Waals surface area contributed by atoms with Gasteiger partial charge in [0.05, 0.1) is 5.71 Å². The smallest absolute Gasteiger partial charge is 0.130 e. The Morgan fingerprint density at radius 3 is 2.86 bits per heavy atom. The van der Waals surface area contributed by atoms with E-state index in [0.29, 0.717) is 5.92 Å². The molecule has 2 aliphatic carbocycles. The zero-order valence-electron chi connectivity index (χ0n) is 17.4. The lowest BCUT2D eigenvalue weighted by molar-refractivity contribution is 0.957. The first kappa shape index (κ1) is 19.4. The van der Waals surface area contributed by atoms with Crippen molar-refractivity contribution in [3.05, 3.63) is 102 Å². The molecule has 1 N–H and O–H groups in total. The van der Waals surface area contributed by atoms with Crippen LogP contribution in [0, 0.1) is 5.92 Å². The van der Waals surface area contributed by atoms with E-state index in [9.17, 15) is 0 Å². The van der Waals surface area contributed by atoms with Crippen LogP contribution >= 0.6 is 0 Å². The van der Waals surface area contributed by atoms with E-state index in [2.05, 4.69) is 86.0 Å². The lowest BCUT2D eigenvalue weighted by Crippen LogP contribution is -2.13. The molecule has 1 aromatic rings. The highest BCUT2D eigenvalue weighted by atomic mass is 15.0. The highest BCUT2D eigenvalue weighted by Crippen LogP contribution is 2.40. The molecule has 0 radical (unpaired) electrons. The fourth-order valence-corrected chi connectivity index (χ4v) is 3.46. The molecular formula is C27H30N2. The highest BCUT2D eigenvalue weighted by Gasteiger charge is 2.23. The highest BCUT2D eigenvalue weighted by molar-refractivity contribution is 6.15. The van der Waals surface area contributed by atoms with Crippen LogP contribution in [0.1, 0.15) is 56.6 Å². The van der Waals surface area contributed by atoms with E-state index in [0.717, 1.165) is 30.3 Å². The fraction of sp³-hybridized carbons (Fsp3) is 0.296. The Labute approximate surface area is 174 Å². The largest absolute Gasteiger partial charge is 0.347 e. The van der Waals surface area contributed by atoms with E-state index in [-0.39, 0.29) is 0 Å². The normalized spacial score (nSPS) is 21.0. The maximum Gasteiger partial charge on any atom is 0.130 e. The molecule has 1 aliphatic heterocycles. The Kier molecular flexibility index (Phi) is 6.09. The molecule has 1 saturated carbocycles. The first-order valence-corrected chi connectivity index (χ1v) is 10.8. The fourth-order valence-electron chi connectivity index (χ4n) is 3.46. The minimum atomic E-state index is 0.494. The van der Waals surface area contributed by atoms with Gasteiger partial charge in [0.15, 0.2) is 0 Å². The van der Waals surface area contributed by atoms with Crippen molar-refractivity contribution >= 4 is 11.3 Å². The molecule has 1 aromatic carbocycles. The summed E-state index contributed by atoms with van der Waals surface area (Å²) >= 11 is 0. The van der Waals surface area contributed by atoms with Crippen molar-refractivity contribution in [1.82, 2.24) is 5.32 Å². The third-order valence-corrected chi connectivity index (χ3v) is 5.51. The average molecular weight is 383 g/mol. The monoisotopic (exact) mass is 382 g/mol. The Bertz CT molecular complexity index is 956. The van der Waals surface area contributed by atoms with Gasteiger partial charge in [-0.05, 0) is 61.0 Å². The molecule has 0 aromatic heterocycles. The van der Waals surface area contributed by atoms with Crippen molar-refractivity contribution in [1.29, 1.82) is 0 Å². The molecule has 0 bridgehead atoms. The number of allylic oxidation sites excluding steroid dienone is 10. The van der Waals surface area contributed by atoms with E-state index < -0.39 is 0 Å². The summed E-state index contributed by atoms with van der Waals surface area (Å²) in [5, 5.41) is 3.25. The van der Waals surface area contributed by atoms with Crippen molar-refractivity contribution in [3.8, 4) is 0 Å². The maximum atomic E-state index is 4.89. The molecule has 29 heavy (non-hydrogen) atoms. The Hall–Kier alpha value is -2.87. The quantitative estimate of drug-likeness (QED) is 0.386. The minimum absolute atomic E-state index is 0.494. The van der Waals surface area contributed by atoms with E-state index in [1.54, 1.807) is 0 Å². The van der Waals surface area contributed by atoms with Gasteiger partial charge < -0.3 is 5.32 Å². The molecule has 0 saturated heterocycles. The average Bonchev–Trinajstić information content (AvgIpc) is 3.65. The summed E-state index contributed by atoms with van der Waals surface area (Å²) in [4.78, 5) is 4.89. The molecular weight excluding hydrogens is 352 g/mol. The Balaban J connectivity index is 1.67. The summed E-state index contributed by atoms with van der Waals surface area (Å²) in [6, 6.07) is 9.05. The summed E-state index contributed by atoms with van der Waals surface area (Å²) in [5.74, 6) is 2.14. The number of nitrogens with zero attached hydrogens (tertiary/aromatic N) is 1. The summed E-state index contributed by atoms with van der Waals surface area (Å²) in [6.45, 7) is 4.41. The lowest BCUT2D eigenvalue weighted by atomic mass is 9.94. The molecule has 1 heterocycles. The van der Waals surface area contributed by atoms with Gasteiger partial charge >= 0.3 is 0 Å². The van der Waals surface area contributed by atoms with Crippen molar-refractivity contribution in [2.45, 2.75) is 45.4 Å². The number of hydrogen-bond acceptors (Lipinski definition) is 2. The number of aliphatic imine (C=N–C) groups is 1. The number of hydrogen-bond donors (Lipinski definition) is 1. The second kappa shape index (κ2) is 9.09. The van der Waals surface area contributed by atoms with Gasteiger partial charge in [-0.2, -0.15) is 0 Å². The van der Waals surface area contributed by atoms with Crippen LogP contribution in [0.3, 0.4) is 0 Å². The molecule has 2 heteroatoms. The predicted molar refractivity (Wildman–Crippen MR) is 125 cm³/mol. The third kappa shape index (κ3) is 5.35. The standard InChI is InChI=1S/C27H30N2/c1-3-4-5-6-10-27-28-18-17-26(29-27)25(16-13-21-11-12-21)20(2)23-8-7-9-24(19-23)22-14-15-22/h5-13,16-19,21-22,28H,3-4,14-15H2,1-2H3/b6-5+,16-13-,25-20-,27-10+. The zero-order chi connectivity index (χ0) is 20.1. The Morgan fingerprint density at radius 1 is 1.24 bits per heavy atom. The third-order valence-electron chi connectivity index (χ3n) is 5.51. The molecule has 4 rings (SSSR count). The van der Waals surface area contributed by atoms with Crippen molar-refractivity contribution in [2.75, 3.05) is 0 Å². The first-order chi connectivity index (χ1) is 14.2. The van der Waals surface area contributed by atoms with Gasteiger partial charge in [-0.25, -0.2) is 4.99 Å². The lowest BCUT2D eigenvalue weighted by Gasteiger charge is -2.15. The number of benzene rings is 1. The molecule has 2 nitrogen and oxygen atoms in total. The van der Waals surface area contributed by atoms with Crippen molar-refractivity contribution < 1.29 is 0 Å². The van der Waals surface area contributed by atoms with E-state index in [4.69, 9.17) is 4.99 Å². The van der Waals surface area contributed by atoms with E-state index in [1.165, 1.54) is 35.1 Å². The molecule has 0 amide bonds. The van der Waals surface area contributed by atoms with E-state index in [1.807, 2.05) is 12.3 Å². The number of nitrogens with one attached hydrogen (secondary N) is 1. The SMILES string of the molecule is CCC/C=C/C=C1N=C(C(/C=C\C2C=C2)=C(/C)c2cccc(C3CC3)c2)C=CN/1. The van der Waals surface area contributed by atoms with Gasteiger partial charge in [-0.15, -0.1) is 0 Å². The van der Waals surface area contributed by atoms with Gasteiger partial charge in [-0.1, -0.05) is 74.1 Å². The van der Waals surface area contributed by atoms with Crippen LogP contribution in [-0.2, 0) is 0 Å². The zero-order valence-corrected chi connectivity index (χ0v) is 17.4. The van der Waals surface area contributed by atoms with Crippen molar-refractivity contribution in [3.63, 3.8) is 0 Å². The Morgan fingerprint density at radius 2 is 2.10 bits per heavy atom. The van der Waals surface area contributed by atoms with Crippen molar-refractivity contribution in [2.24, 2.45) is 10.9 Å². The summed E-state index contributed by atoms with van der Waals surface area (Å²) in [5.41, 5.74) is 6.23. The summed E-state index contributed by atoms with van der Waals surface area (Å²) < 4.78 is 0. The second-order valence-corrected chi connectivity index (χ2v) is 8.00.